The number of ether oxygens (including phenoxy) is 2. The number of aliphatic hydroxyl groups is 1. The number of nitrogens with one attached hydrogen (secondary N) is 2. The minimum Gasteiger partial charge on any atom is -0.478 e. The number of urea groups is 1. The van der Waals surface area contributed by atoms with Gasteiger partial charge in [0.1, 0.15) is 0 Å². The predicted molar refractivity (Wildman–Crippen MR) is 161 cm³/mol. The highest BCUT2D eigenvalue weighted by molar-refractivity contribution is 7.99. The molecule has 1 aliphatic rings. The second kappa shape index (κ2) is 14.2. The molecule has 1 saturated heterocycles. The van der Waals surface area contributed by atoms with Gasteiger partial charge in [0.15, 0.2) is 6.29 Å². The van der Waals surface area contributed by atoms with Crippen molar-refractivity contribution < 1.29 is 29.3 Å². The molecule has 0 saturated carbocycles. The molecule has 0 aliphatic carbocycles. The molecule has 0 spiro atoms. The fraction of sp³-hybridized carbons (Fsp3) is 0.212. The van der Waals surface area contributed by atoms with Gasteiger partial charge in [-0.1, -0.05) is 78.9 Å². The maximum absolute atomic E-state index is 12.4. The highest BCUT2D eigenvalue weighted by Gasteiger charge is 2.32. The zero-order valence-electron chi connectivity index (χ0n) is 22.8. The monoisotopic (exact) mass is 584 g/mol. The van der Waals surface area contributed by atoms with Crippen LogP contribution in [0.2, 0.25) is 0 Å². The van der Waals surface area contributed by atoms with Crippen LogP contribution in [0.5, 0.6) is 0 Å². The van der Waals surface area contributed by atoms with Gasteiger partial charge in [-0.05, 0) is 41.0 Å². The Bertz CT molecular complexity index is 1480. The van der Waals surface area contributed by atoms with Crippen LogP contribution < -0.4 is 10.6 Å². The maximum Gasteiger partial charge on any atom is 0.336 e. The molecule has 0 bridgehead atoms. The summed E-state index contributed by atoms with van der Waals surface area (Å²) in [6.07, 6.45) is -0.570. The summed E-state index contributed by atoms with van der Waals surface area (Å²) in [5, 5.41) is 24.7. The van der Waals surface area contributed by atoms with E-state index in [0.717, 1.165) is 22.3 Å². The molecule has 1 heterocycles. The van der Waals surface area contributed by atoms with Crippen LogP contribution in [-0.2, 0) is 22.6 Å². The van der Waals surface area contributed by atoms with Crippen molar-refractivity contribution in [2.45, 2.75) is 43.0 Å². The summed E-state index contributed by atoms with van der Waals surface area (Å²) < 4.78 is 12.8. The van der Waals surface area contributed by atoms with Gasteiger partial charge in [0.2, 0.25) is 0 Å². The van der Waals surface area contributed by atoms with Gasteiger partial charge in [-0.2, -0.15) is 0 Å². The van der Waals surface area contributed by atoms with Crippen LogP contribution in [0.15, 0.2) is 108 Å². The summed E-state index contributed by atoms with van der Waals surface area (Å²) in [5.74, 6) is -0.426. The van der Waals surface area contributed by atoms with Crippen molar-refractivity contribution in [3.05, 3.63) is 131 Å². The Morgan fingerprint density at radius 1 is 0.810 bits per heavy atom. The van der Waals surface area contributed by atoms with Crippen molar-refractivity contribution in [2.24, 2.45) is 0 Å². The van der Waals surface area contributed by atoms with E-state index in [9.17, 15) is 19.8 Å². The van der Waals surface area contributed by atoms with E-state index in [1.165, 1.54) is 11.8 Å². The summed E-state index contributed by atoms with van der Waals surface area (Å²) in [6.45, 7) is 0.385. The maximum atomic E-state index is 12.4. The molecule has 5 rings (SSSR count). The number of thioether (sulfide) groups is 1. The van der Waals surface area contributed by atoms with Crippen molar-refractivity contribution in [1.29, 1.82) is 0 Å². The number of benzene rings is 4. The molecule has 0 unspecified atom stereocenters. The summed E-state index contributed by atoms with van der Waals surface area (Å²) in [5.41, 5.74) is 4.48. The lowest BCUT2D eigenvalue weighted by Crippen LogP contribution is -2.31. The standard InChI is InChI=1S/C33H32N2O6S/c36-20-23-10-12-24(13-11-23)29-18-27(21-42-30-9-5-4-8-28(30)31(37)38)40-32(41-29)25-14-16-26(17-15-25)35-33(39)34-19-22-6-2-1-3-7-22/h1-17,27,29,32,36H,18-21H2,(H,37,38)(H2,34,35,39)/t27-,29+,32+/m0/s1. The Hall–Kier alpha value is -4.15. The van der Waals surface area contributed by atoms with Crippen LogP contribution in [-0.4, -0.2) is 34.1 Å². The summed E-state index contributed by atoms with van der Waals surface area (Å²) in [7, 11) is 0. The van der Waals surface area contributed by atoms with Crippen molar-refractivity contribution >= 4 is 29.4 Å². The Kier molecular flexibility index (Phi) is 9.89. The van der Waals surface area contributed by atoms with Crippen LogP contribution >= 0.6 is 11.8 Å². The molecule has 42 heavy (non-hydrogen) atoms. The fourth-order valence-corrected chi connectivity index (χ4v) is 5.72. The molecule has 9 heteroatoms. The number of anilines is 1. The zero-order chi connectivity index (χ0) is 29.3. The normalized spacial score (nSPS) is 18.3. The minimum absolute atomic E-state index is 0.0372. The second-order valence-corrected chi connectivity index (χ2v) is 10.9. The summed E-state index contributed by atoms with van der Waals surface area (Å²) >= 11 is 1.45. The minimum atomic E-state index is -0.965. The molecule has 1 fully saturated rings. The van der Waals surface area contributed by atoms with E-state index < -0.39 is 12.3 Å². The highest BCUT2D eigenvalue weighted by atomic mass is 32.2. The molecule has 4 aromatic rings. The Morgan fingerprint density at radius 3 is 2.21 bits per heavy atom. The molecular weight excluding hydrogens is 552 g/mol. The number of aromatic carboxylic acids is 1. The van der Waals surface area contributed by atoms with Gasteiger partial charge in [0.05, 0.1) is 24.4 Å². The largest absolute Gasteiger partial charge is 0.478 e. The van der Waals surface area contributed by atoms with Gasteiger partial charge in [-0.3, -0.25) is 0 Å². The molecule has 1 aliphatic heterocycles. The van der Waals surface area contributed by atoms with Crippen molar-refractivity contribution in [1.82, 2.24) is 5.32 Å². The number of rotatable bonds is 10. The van der Waals surface area contributed by atoms with Crippen molar-refractivity contribution in [3.63, 3.8) is 0 Å². The second-order valence-electron chi connectivity index (χ2n) is 9.88. The van der Waals surface area contributed by atoms with Crippen LogP contribution in [0.1, 0.15) is 51.4 Å². The SMILES string of the molecule is O=C(NCc1ccccc1)Nc1ccc([C@@H]2O[C@H](CSc3ccccc3C(=O)O)C[C@H](c3ccc(CO)cc3)O2)cc1. The van der Waals surface area contributed by atoms with Gasteiger partial charge in [0, 0.05) is 34.9 Å². The van der Waals surface area contributed by atoms with Crippen LogP contribution in [0.25, 0.3) is 0 Å². The van der Waals surface area contributed by atoms with Gasteiger partial charge in [-0.15, -0.1) is 11.8 Å². The number of hydrogen-bond acceptors (Lipinski definition) is 6. The molecule has 4 aromatic carbocycles. The first kappa shape index (κ1) is 29.3. The van der Waals surface area contributed by atoms with E-state index in [2.05, 4.69) is 10.6 Å². The van der Waals surface area contributed by atoms with Gasteiger partial charge >= 0.3 is 12.0 Å². The molecule has 2 amide bonds. The summed E-state index contributed by atoms with van der Waals surface area (Å²) in [4.78, 5) is 24.8. The molecule has 216 valence electrons. The van der Waals surface area contributed by atoms with E-state index in [4.69, 9.17) is 9.47 Å². The smallest absolute Gasteiger partial charge is 0.336 e. The first-order valence-corrected chi connectivity index (χ1v) is 14.6. The van der Waals surface area contributed by atoms with Crippen LogP contribution in [0.4, 0.5) is 10.5 Å². The third kappa shape index (κ3) is 7.77. The van der Waals surface area contributed by atoms with Crippen LogP contribution in [0.3, 0.4) is 0 Å². The predicted octanol–water partition coefficient (Wildman–Crippen LogP) is 6.54. The molecule has 4 N–H and O–H groups in total. The van der Waals surface area contributed by atoms with Crippen LogP contribution in [0, 0.1) is 0 Å². The first-order chi connectivity index (χ1) is 20.5. The average molecular weight is 585 g/mol. The number of carboxylic acids is 1. The number of carbonyl (C=O) groups excluding carboxylic acids is 1. The average Bonchev–Trinajstić information content (AvgIpc) is 3.03. The van der Waals surface area contributed by atoms with E-state index in [1.807, 2.05) is 72.8 Å². The van der Waals surface area contributed by atoms with Gasteiger partial charge < -0.3 is 30.3 Å². The molecule has 8 nitrogen and oxygen atoms in total. The molecule has 0 aromatic heterocycles. The third-order valence-corrected chi connectivity index (χ3v) is 8.10. The van der Waals surface area contributed by atoms with E-state index in [1.54, 1.807) is 30.3 Å². The molecular formula is C33H32N2O6S. The molecule has 0 radical (unpaired) electrons. The van der Waals surface area contributed by atoms with E-state index in [-0.39, 0.29) is 30.4 Å². The Labute approximate surface area is 248 Å². The van der Waals surface area contributed by atoms with E-state index in [0.29, 0.717) is 29.3 Å². The lowest BCUT2D eigenvalue weighted by Gasteiger charge is -2.36. The highest BCUT2D eigenvalue weighted by Crippen LogP contribution is 2.40. The Morgan fingerprint density at radius 2 is 1.50 bits per heavy atom. The lowest BCUT2D eigenvalue weighted by molar-refractivity contribution is -0.245. The van der Waals surface area contributed by atoms with Gasteiger partial charge in [-0.25, -0.2) is 9.59 Å². The first-order valence-electron chi connectivity index (χ1n) is 13.6. The van der Waals surface area contributed by atoms with E-state index >= 15 is 0 Å². The van der Waals surface area contributed by atoms with Crippen molar-refractivity contribution in [2.75, 3.05) is 11.1 Å². The van der Waals surface area contributed by atoms with Crippen molar-refractivity contribution in [3.8, 4) is 0 Å². The van der Waals surface area contributed by atoms with Gasteiger partial charge in [0.25, 0.3) is 0 Å². The fourth-order valence-electron chi connectivity index (χ4n) is 4.65. The lowest BCUT2D eigenvalue weighted by atomic mass is 10.0. The zero-order valence-corrected chi connectivity index (χ0v) is 23.6. The number of carbonyl (C=O) groups is 2. The number of amides is 2. The third-order valence-electron chi connectivity index (χ3n) is 6.89. The topological polar surface area (TPSA) is 117 Å². The quantitative estimate of drug-likeness (QED) is 0.157. The Balaban J connectivity index is 1.27. The number of aliphatic hydroxyl groups excluding tert-OH is 1. The summed E-state index contributed by atoms with van der Waals surface area (Å²) in [6, 6.07) is 31.3. The number of hydrogen-bond donors (Lipinski definition) is 4. The number of carboxylic acid groups (broad SMARTS) is 1. The molecule has 3 atom stereocenters.